The maximum absolute atomic E-state index is 12.1. The molecule has 2 heterocycles. The van der Waals surface area contributed by atoms with E-state index >= 15 is 0 Å². The van der Waals surface area contributed by atoms with E-state index in [1.807, 2.05) is 49.4 Å². The third-order valence-electron chi connectivity index (χ3n) is 4.51. The molecule has 7 heteroatoms. The molecule has 3 aromatic rings. The van der Waals surface area contributed by atoms with Gasteiger partial charge in [0.25, 0.3) is 5.91 Å². The summed E-state index contributed by atoms with van der Waals surface area (Å²) < 4.78 is 6.77. The van der Waals surface area contributed by atoms with Gasteiger partial charge in [-0.3, -0.25) is 9.20 Å². The zero-order chi connectivity index (χ0) is 20.8. The van der Waals surface area contributed by atoms with Gasteiger partial charge in [-0.2, -0.15) is 0 Å². The van der Waals surface area contributed by atoms with E-state index in [0.29, 0.717) is 11.3 Å². The molecule has 0 spiro atoms. The Kier molecular flexibility index (Phi) is 6.67. The maximum Gasteiger partial charge on any atom is 0.331 e. The fourth-order valence-corrected chi connectivity index (χ4v) is 3.12. The molecule has 0 aliphatic heterocycles. The van der Waals surface area contributed by atoms with Gasteiger partial charge in [0.1, 0.15) is 5.65 Å². The number of amides is 1. The van der Waals surface area contributed by atoms with Crippen molar-refractivity contribution in [1.82, 2.24) is 14.7 Å². The first kappa shape index (κ1) is 20.6. The van der Waals surface area contributed by atoms with Crippen LogP contribution in [0.5, 0.6) is 0 Å². The zero-order valence-electron chi connectivity index (χ0n) is 16.3. The van der Waals surface area contributed by atoms with Crippen molar-refractivity contribution in [2.24, 2.45) is 0 Å². The van der Waals surface area contributed by atoms with E-state index in [1.54, 1.807) is 10.6 Å². The number of carbonyl (C=O) groups is 2. The molecule has 0 saturated carbocycles. The van der Waals surface area contributed by atoms with E-state index in [4.69, 9.17) is 16.3 Å². The van der Waals surface area contributed by atoms with Crippen molar-refractivity contribution in [2.75, 3.05) is 6.61 Å². The predicted molar refractivity (Wildman–Crippen MR) is 113 cm³/mol. The van der Waals surface area contributed by atoms with Gasteiger partial charge in [-0.05, 0) is 42.7 Å². The molecule has 0 bridgehead atoms. The topological polar surface area (TPSA) is 72.7 Å². The Morgan fingerprint density at radius 3 is 2.72 bits per heavy atom. The fraction of sp³-hybridized carbons (Fsp3) is 0.227. The molecule has 0 aliphatic rings. The number of hydrogen-bond donors (Lipinski definition) is 1. The lowest BCUT2D eigenvalue weighted by atomic mass is 10.1. The number of pyridine rings is 1. The first-order chi connectivity index (χ1) is 14.0. The second-order valence-electron chi connectivity index (χ2n) is 6.54. The smallest absolute Gasteiger partial charge is 0.331 e. The Balaban J connectivity index is 1.52. The normalized spacial score (nSPS) is 12.2. The van der Waals surface area contributed by atoms with Crippen molar-refractivity contribution in [2.45, 2.75) is 26.3 Å². The Morgan fingerprint density at radius 1 is 1.24 bits per heavy atom. The molecule has 2 aromatic heterocycles. The van der Waals surface area contributed by atoms with Crippen molar-refractivity contribution >= 4 is 35.2 Å². The molecule has 0 unspecified atom stereocenters. The summed E-state index contributed by atoms with van der Waals surface area (Å²) in [6.45, 7) is 3.61. The molecule has 1 N–H and O–H groups in total. The Labute approximate surface area is 174 Å². The molecular weight excluding hydrogens is 390 g/mol. The highest BCUT2D eigenvalue weighted by molar-refractivity contribution is 6.31. The molecule has 3 rings (SSSR count). The Morgan fingerprint density at radius 2 is 2.00 bits per heavy atom. The van der Waals surface area contributed by atoms with E-state index in [1.165, 1.54) is 17.7 Å². The first-order valence-electron chi connectivity index (χ1n) is 9.33. The summed E-state index contributed by atoms with van der Waals surface area (Å²) in [4.78, 5) is 28.2. The van der Waals surface area contributed by atoms with Gasteiger partial charge in [-0.1, -0.05) is 48.9 Å². The van der Waals surface area contributed by atoms with E-state index in [-0.39, 0.29) is 23.7 Å². The molecule has 0 aliphatic carbocycles. The van der Waals surface area contributed by atoms with Crippen LogP contribution in [-0.2, 0) is 20.7 Å². The lowest BCUT2D eigenvalue weighted by Crippen LogP contribution is -2.30. The monoisotopic (exact) mass is 411 g/mol. The minimum Gasteiger partial charge on any atom is -0.452 e. The van der Waals surface area contributed by atoms with Gasteiger partial charge in [0, 0.05) is 12.3 Å². The van der Waals surface area contributed by atoms with Gasteiger partial charge < -0.3 is 10.1 Å². The number of nitrogens with one attached hydrogen (secondary N) is 1. The lowest BCUT2D eigenvalue weighted by Gasteiger charge is -2.14. The van der Waals surface area contributed by atoms with E-state index in [9.17, 15) is 9.59 Å². The van der Waals surface area contributed by atoms with Crippen LogP contribution in [0.1, 0.15) is 36.7 Å². The van der Waals surface area contributed by atoms with Crippen LogP contribution in [0.2, 0.25) is 5.15 Å². The van der Waals surface area contributed by atoms with Gasteiger partial charge in [0.05, 0.1) is 11.7 Å². The third kappa shape index (κ3) is 5.23. The highest BCUT2D eigenvalue weighted by Crippen LogP contribution is 2.19. The van der Waals surface area contributed by atoms with Crippen molar-refractivity contribution in [3.63, 3.8) is 0 Å². The number of benzene rings is 1. The van der Waals surface area contributed by atoms with Crippen LogP contribution in [0.15, 0.2) is 54.7 Å². The van der Waals surface area contributed by atoms with Gasteiger partial charge in [-0.25, -0.2) is 9.78 Å². The molecule has 6 nitrogen and oxygen atoms in total. The average molecular weight is 412 g/mol. The van der Waals surface area contributed by atoms with Gasteiger partial charge in [-0.15, -0.1) is 0 Å². The van der Waals surface area contributed by atoms with Crippen molar-refractivity contribution < 1.29 is 14.3 Å². The van der Waals surface area contributed by atoms with Crippen molar-refractivity contribution in [1.29, 1.82) is 0 Å². The highest BCUT2D eigenvalue weighted by Gasteiger charge is 2.12. The number of imidazole rings is 1. The molecular formula is C22H22ClN3O3. The summed E-state index contributed by atoms with van der Waals surface area (Å²) in [7, 11) is 0. The first-order valence-corrected chi connectivity index (χ1v) is 9.71. The molecule has 0 fully saturated rings. The number of aromatic nitrogens is 2. The van der Waals surface area contributed by atoms with Crippen molar-refractivity contribution in [3.05, 3.63) is 76.7 Å². The summed E-state index contributed by atoms with van der Waals surface area (Å²) in [5.74, 6) is -1.01. The maximum atomic E-state index is 12.1. The summed E-state index contributed by atoms with van der Waals surface area (Å²) in [5.41, 5.74) is 3.46. The summed E-state index contributed by atoms with van der Waals surface area (Å²) in [6.07, 6.45) is 5.49. The molecule has 0 saturated heterocycles. The standard InChI is InChI=1S/C22H22ClN3O3/c1-3-16-7-9-17(10-8-16)15(2)24-20(27)14-29-21(28)12-11-18-22(23)25-19-6-4-5-13-26(18)19/h4-13,15H,3,14H2,1-2H3,(H,24,27)/b12-11+/t15-/m0/s1. The van der Waals surface area contributed by atoms with Gasteiger partial charge in [0.15, 0.2) is 11.8 Å². The zero-order valence-corrected chi connectivity index (χ0v) is 17.0. The van der Waals surface area contributed by atoms with Crippen molar-refractivity contribution in [3.8, 4) is 0 Å². The highest BCUT2D eigenvalue weighted by atomic mass is 35.5. The van der Waals surface area contributed by atoms with Gasteiger partial charge >= 0.3 is 5.97 Å². The van der Waals surface area contributed by atoms with Crippen LogP contribution < -0.4 is 5.32 Å². The van der Waals surface area contributed by atoms with Gasteiger partial charge in [0.2, 0.25) is 0 Å². The summed E-state index contributed by atoms with van der Waals surface area (Å²) >= 11 is 6.11. The molecule has 29 heavy (non-hydrogen) atoms. The Hall–Kier alpha value is -3.12. The van der Waals surface area contributed by atoms with E-state index in [2.05, 4.69) is 17.2 Å². The van der Waals surface area contributed by atoms with E-state index < -0.39 is 5.97 Å². The quantitative estimate of drug-likeness (QED) is 0.471. The minimum atomic E-state index is -0.637. The number of ether oxygens (including phenoxy) is 1. The van der Waals surface area contributed by atoms with Crippen LogP contribution in [-0.4, -0.2) is 27.9 Å². The number of fused-ring (bicyclic) bond motifs is 1. The number of aryl methyl sites for hydroxylation is 1. The van der Waals surface area contributed by atoms with Crippen LogP contribution in [0.25, 0.3) is 11.7 Å². The Bertz CT molecular complexity index is 1040. The number of esters is 1. The fourth-order valence-electron chi connectivity index (χ4n) is 2.88. The second-order valence-corrected chi connectivity index (χ2v) is 6.90. The number of rotatable bonds is 7. The van der Waals surface area contributed by atoms with Crippen LogP contribution in [0.4, 0.5) is 0 Å². The molecule has 0 radical (unpaired) electrons. The summed E-state index contributed by atoms with van der Waals surface area (Å²) in [6, 6.07) is 13.3. The minimum absolute atomic E-state index is 0.181. The largest absolute Gasteiger partial charge is 0.452 e. The second kappa shape index (κ2) is 9.39. The predicted octanol–water partition coefficient (Wildman–Crippen LogP) is 3.98. The number of carbonyl (C=O) groups excluding carboxylic acids is 2. The summed E-state index contributed by atoms with van der Waals surface area (Å²) in [5, 5.41) is 3.10. The molecule has 1 atom stereocenters. The molecule has 1 amide bonds. The molecule has 1 aromatic carbocycles. The van der Waals surface area contributed by atoms with Crippen LogP contribution >= 0.6 is 11.6 Å². The van der Waals surface area contributed by atoms with Crippen LogP contribution in [0, 0.1) is 0 Å². The lowest BCUT2D eigenvalue weighted by molar-refractivity contribution is -0.144. The van der Waals surface area contributed by atoms with E-state index in [0.717, 1.165) is 12.0 Å². The number of nitrogens with zero attached hydrogens (tertiary/aromatic N) is 2. The molecule has 150 valence electrons. The third-order valence-corrected chi connectivity index (χ3v) is 4.79. The number of halogens is 1. The van der Waals surface area contributed by atoms with Crippen LogP contribution in [0.3, 0.4) is 0 Å². The number of hydrogen-bond acceptors (Lipinski definition) is 4. The SMILES string of the molecule is CCc1ccc([C@H](C)NC(=O)COC(=O)/C=C/c2c(Cl)nc3ccccn23)cc1. The average Bonchev–Trinajstić information content (AvgIpc) is 3.05.